The van der Waals surface area contributed by atoms with Crippen LogP contribution in [0.3, 0.4) is 0 Å². The summed E-state index contributed by atoms with van der Waals surface area (Å²) < 4.78 is 25.4. The van der Waals surface area contributed by atoms with E-state index in [1.807, 2.05) is 37.3 Å². The number of carbonyl (C=O) groups is 1. The Hall–Kier alpha value is -2.05. The van der Waals surface area contributed by atoms with E-state index in [2.05, 4.69) is 5.32 Å². The van der Waals surface area contributed by atoms with Gasteiger partial charge in [-0.3, -0.25) is 9.10 Å². The first-order valence-electron chi connectivity index (χ1n) is 8.51. The summed E-state index contributed by atoms with van der Waals surface area (Å²) in [4.78, 5) is 12.3. The first kappa shape index (κ1) is 18.7. The maximum atomic E-state index is 12.3. The molecule has 1 aliphatic rings. The highest BCUT2D eigenvalue weighted by Gasteiger charge is 2.29. The second kappa shape index (κ2) is 7.68. The van der Waals surface area contributed by atoms with Crippen LogP contribution in [0.2, 0.25) is 5.02 Å². The molecule has 0 saturated carbocycles. The van der Waals surface area contributed by atoms with E-state index < -0.39 is 10.0 Å². The summed E-state index contributed by atoms with van der Waals surface area (Å²) >= 11 is 6.26. The summed E-state index contributed by atoms with van der Waals surface area (Å²) in [6, 6.07) is 14.8. The Morgan fingerprint density at radius 3 is 2.58 bits per heavy atom. The topological polar surface area (TPSA) is 66.5 Å². The Labute approximate surface area is 159 Å². The van der Waals surface area contributed by atoms with Crippen LogP contribution in [0.4, 0.5) is 11.4 Å². The lowest BCUT2D eigenvalue weighted by molar-refractivity contribution is -0.116. The van der Waals surface area contributed by atoms with Crippen LogP contribution in [0.15, 0.2) is 48.5 Å². The highest BCUT2D eigenvalue weighted by molar-refractivity contribution is 7.93. The monoisotopic (exact) mass is 392 g/mol. The van der Waals surface area contributed by atoms with Gasteiger partial charge < -0.3 is 5.32 Å². The number of hydrogen-bond donors (Lipinski definition) is 1. The Kier molecular flexibility index (Phi) is 5.53. The molecule has 2 aromatic carbocycles. The van der Waals surface area contributed by atoms with Gasteiger partial charge in [0.1, 0.15) is 0 Å². The molecular weight excluding hydrogens is 372 g/mol. The molecule has 138 valence electrons. The molecule has 1 fully saturated rings. The van der Waals surface area contributed by atoms with Gasteiger partial charge >= 0.3 is 0 Å². The average Bonchev–Trinajstić information content (AvgIpc) is 2.95. The number of nitrogens with zero attached hydrogens (tertiary/aromatic N) is 1. The van der Waals surface area contributed by atoms with Crippen molar-refractivity contribution in [2.24, 2.45) is 0 Å². The maximum absolute atomic E-state index is 12.3. The third kappa shape index (κ3) is 4.19. The molecule has 1 N–H and O–H groups in total. The summed E-state index contributed by atoms with van der Waals surface area (Å²) in [7, 11) is -3.28. The molecule has 1 unspecified atom stereocenters. The largest absolute Gasteiger partial charge is 0.326 e. The maximum Gasteiger partial charge on any atom is 0.235 e. The minimum absolute atomic E-state index is 0.0979. The second-order valence-electron chi connectivity index (χ2n) is 6.47. The number of halogens is 1. The molecule has 2 aromatic rings. The number of sulfonamides is 1. The number of amides is 1. The molecule has 0 spiro atoms. The molecule has 1 heterocycles. The van der Waals surface area contributed by atoms with Gasteiger partial charge in [0, 0.05) is 18.7 Å². The van der Waals surface area contributed by atoms with Gasteiger partial charge in [0.25, 0.3) is 0 Å². The predicted octanol–water partition coefficient (Wildman–Crippen LogP) is 4.01. The van der Waals surface area contributed by atoms with Gasteiger partial charge in [-0.15, -0.1) is 0 Å². The van der Waals surface area contributed by atoms with Crippen LogP contribution in [-0.2, 0) is 14.8 Å². The molecule has 0 aromatic heterocycles. The van der Waals surface area contributed by atoms with Crippen LogP contribution in [-0.4, -0.2) is 26.6 Å². The quantitative estimate of drug-likeness (QED) is 0.835. The summed E-state index contributed by atoms with van der Waals surface area (Å²) in [6.45, 7) is 2.44. The van der Waals surface area contributed by atoms with E-state index in [0.29, 0.717) is 35.8 Å². The molecule has 5 nitrogen and oxygen atoms in total. The zero-order valence-electron chi connectivity index (χ0n) is 14.5. The third-order valence-electron chi connectivity index (χ3n) is 4.46. The van der Waals surface area contributed by atoms with E-state index in [9.17, 15) is 13.2 Å². The van der Waals surface area contributed by atoms with Crippen molar-refractivity contribution in [1.82, 2.24) is 0 Å². The smallest absolute Gasteiger partial charge is 0.235 e. The predicted molar refractivity (Wildman–Crippen MR) is 105 cm³/mol. The van der Waals surface area contributed by atoms with Gasteiger partial charge in [-0.05, 0) is 36.1 Å². The fourth-order valence-electron chi connectivity index (χ4n) is 3.09. The number of nitrogens with one attached hydrogen (secondary N) is 1. The van der Waals surface area contributed by atoms with Crippen molar-refractivity contribution < 1.29 is 13.2 Å². The molecule has 1 aliphatic heterocycles. The normalized spacial score (nSPS) is 17.1. The van der Waals surface area contributed by atoms with Crippen LogP contribution in [0.1, 0.15) is 31.2 Å². The van der Waals surface area contributed by atoms with Crippen LogP contribution >= 0.6 is 11.6 Å². The Bertz CT molecular complexity index is 900. The molecule has 1 amide bonds. The van der Waals surface area contributed by atoms with Crippen molar-refractivity contribution in [1.29, 1.82) is 0 Å². The van der Waals surface area contributed by atoms with E-state index in [1.54, 1.807) is 18.2 Å². The summed E-state index contributed by atoms with van der Waals surface area (Å²) in [5, 5.41) is 3.14. The van der Waals surface area contributed by atoms with Crippen LogP contribution < -0.4 is 9.62 Å². The Morgan fingerprint density at radius 1 is 1.23 bits per heavy atom. The van der Waals surface area contributed by atoms with E-state index in [4.69, 9.17) is 11.6 Å². The fourth-order valence-corrected chi connectivity index (χ4v) is 5.00. The number of carbonyl (C=O) groups excluding carboxylic acids is 1. The van der Waals surface area contributed by atoms with Crippen molar-refractivity contribution in [2.45, 2.75) is 25.7 Å². The first-order valence-corrected chi connectivity index (χ1v) is 10.5. The van der Waals surface area contributed by atoms with E-state index >= 15 is 0 Å². The van der Waals surface area contributed by atoms with Crippen LogP contribution in [0, 0.1) is 0 Å². The summed E-state index contributed by atoms with van der Waals surface area (Å²) in [5.74, 6) is 0.124. The molecule has 26 heavy (non-hydrogen) atoms. The van der Waals surface area contributed by atoms with Gasteiger partial charge in [0.2, 0.25) is 15.9 Å². The first-order chi connectivity index (χ1) is 12.4. The van der Waals surface area contributed by atoms with Crippen molar-refractivity contribution in [3.05, 3.63) is 59.1 Å². The number of hydrogen-bond acceptors (Lipinski definition) is 3. The number of benzene rings is 2. The van der Waals surface area contributed by atoms with E-state index in [1.165, 1.54) is 4.31 Å². The summed E-state index contributed by atoms with van der Waals surface area (Å²) in [5.41, 5.74) is 2.12. The van der Waals surface area contributed by atoms with E-state index in [-0.39, 0.29) is 17.6 Å². The van der Waals surface area contributed by atoms with Gasteiger partial charge in [-0.25, -0.2) is 8.42 Å². The molecule has 0 radical (unpaired) electrons. The van der Waals surface area contributed by atoms with Gasteiger partial charge in [0.05, 0.1) is 16.5 Å². The molecule has 1 atom stereocenters. The molecule has 0 aliphatic carbocycles. The average molecular weight is 393 g/mol. The second-order valence-corrected chi connectivity index (χ2v) is 8.89. The minimum atomic E-state index is -3.28. The molecule has 1 saturated heterocycles. The lowest BCUT2D eigenvalue weighted by Gasteiger charge is -2.19. The van der Waals surface area contributed by atoms with Crippen molar-refractivity contribution in [3.8, 4) is 0 Å². The molecule has 3 rings (SSSR count). The zero-order chi connectivity index (χ0) is 18.7. The van der Waals surface area contributed by atoms with Gasteiger partial charge in [-0.1, -0.05) is 48.9 Å². The lowest BCUT2D eigenvalue weighted by Crippen LogP contribution is -2.25. The lowest BCUT2D eigenvalue weighted by atomic mass is 9.97. The Balaban J connectivity index is 1.67. The summed E-state index contributed by atoms with van der Waals surface area (Å²) in [6.07, 6.45) is 0.943. The molecular formula is C19H21ClN2O3S. The number of rotatable bonds is 5. The van der Waals surface area contributed by atoms with E-state index in [0.717, 1.165) is 5.56 Å². The van der Waals surface area contributed by atoms with Crippen LogP contribution in [0.25, 0.3) is 0 Å². The highest BCUT2D eigenvalue weighted by Crippen LogP contribution is 2.33. The Morgan fingerprint density at radius 2 is 1.96 bits per heavy atom. The highest BCUT2D eigenvalue weighted by atomic mass is 35.5. The van der Waals surface area contributed by atoms with Crippen molar-refractivity contribution in [2.75, 3.05) is 21.9 Å². The zero-order valence-corrected chi connectivity index (χ0v) is 16.1. The van der Waals surface area contributed by atoms with Crippen molar-refractivity contribution >= 4 is 38.9 Å². The standard InChI is InChI=1S/C19H21ClN2O3S/c1-14(15-6-3-2-4-7-15)12-19(23)21-16-8-9-18(17(20)13-16)22-10-5-11-26(22,24)25/h2-4,6-9,13-14H,5,10-12H2,1H3,(H,21,23). The SMILES string of the molecule is CC(CC(=O)Nc1ccc(N2CCCS2(=O)=O)c(Cl)c1)c1ccccc1. The molecule has 0 bridgehead atoms. The number of anilines is 2. The van der Waals surface area contributed by atoms with Gasteiger partial charge in [0.15, 0.2) is 0 Å². The van der Waals surface area contributed by atoms with Crippen LogP contribution in [0.5, 0.6) is 0 Å². The minimum Gasteiger partial charge on any atom is -0.326 e. The van der Waals surface area contributed by atoms with Gasteiger partial charge in [-0.2, -0.15) is 0 Å². The van der Waals surface area contributed by atoms with Crippen molar-refractivity contribution in [3.63, 3.8) is 0 Å². The molecule has 7 heteroatoms. The fraction of sp³-hybridized carbons (Fsp3) is 0.316. The third-order valence-corrected chi connectivity index (χ3v) is 6.62.